The molecule has 0 saturated carbocycles. The number of aliphatic hydroxyl groups is 2. The Hall–Kier alpha value is -1.39. The van der Waals surface area contributed by atoms with Crippen molar-refractivity contribution in [3.63, 3.8) is 0 Å². The molecule has 2 N–H and O–H groups in total. The van der Waals surface area contributed by atoms with Crippen LogP contribution in [0.2, 0.25) is 5.02 Å². The monoisotopic (exact) mass is 306 g/mol. The molecule has 0 aliphatic heterocycles. The van der Waals surface area contributed by atoms with Crippen LogP contribution in [-0.4, -0.2) is 22.9 Å². The second kappa shape index (κ2) is 7.57. The number of hydrogen-bond donors (Lipinski definition) is 2. The van der Waals surface area contributed by atoms with Crippen LogP contribution in [0.15, 0.2) is 48.5 Å². The van der Waals surface area contributed by atoms with E-state index in [1.54, 1.807) is 12.1 Å². The number of aliphatic hydroxyl groups excluding tert-OH is 2. The fraction of sp³-hybridized carbons (Fsp3) is 0.294. The van der Waals surface area contributed by atoms with Crippen molar-refractivity contribution in [1.29, 1.82) is 0 Å². The van der Waals surface area contributed by atoms with Crippen molar-refractivity contribution in [2.75, 3.05) is 6.61 Å². The zero-order valence-corrected chi connectivity index (χ0v) is 12.6. The third-order valence-electron chi connectivity index (χ3n) is 3.39. The largest absolute Gasteiger partial charge is 0.394 e. The fourth-order valence-electron chi connectivity index (χ4n) is 2.19. The summed E-state index contributed by atoms with van der Waals surface area (Å²) in [6, 6.07) is 14.7. The fourth-order valence-corrected chi connectivity index (χ4v) is 2.49. The molecular formula is C17H19ClO3. The van der Waals surface area contributed by atoms with Gasteiger partial charge in [-0.2, -0.15) is 0 Å². The number of rotatable bonds is 6. The van der Waals surface area contributed by atoms with Gasteiger partial charge in [-0.05, 0) is 24.1 Å². The Bertz CT molecular complexity index is 551. The maximum absolute atomic E-state index is 10.1. The van der Waals surface area contributed by atoms with E-state index in [0.29, 0.717) is 17.0 Å². The topological polar surface area (TPSA) is 49.7 Å². The summed E-state index contributed by atoms with van der Waals surface area (Å²) in [5.41, 5.74) is 2.63. The van der Waals surface area contributed by atoms with E-state index in [0.717, 1.165) is 11.1 Å². The minimum atomic E-state index is -1.06. The number of ether oxygens (including phenoxy) is 1. The number of halogens is 1. The van der Waals surface area contributed by atoms with Gasteiger partial charge in [0.1, 0.15) is 0 Å². The average Bonchev–Trinajstić information content (AvgIpc) is 2.50. The standard InChI is InChI=1S/C17H19ClO3/c1-12-6-5-9-16(18)15(12)10-14(11-19)21-17(20)13-7-3-2-4-8-13/h2-9,14,17,19-20H,10-11H2,1H3. The molecule has 0 amide bonds. The van der Waals surface area contributed by atoms with Crippen LogP contribution >= 0.6 is 11.6 Å². The first-order valence-corrected chi connectivity index (χ1v) is 7.23. The molecule has 0 heterocycles. The quantitative estimate of drug-likeness (QED) is 0.805. The van der Waals surface area contributed by atoms with Gasteiger partial charge in [0.25, 0.3) is 0 Å². The highest BCUT2D eigenvalue weighted by Crippen LogP contribution is 2.24. The van der Waals surface area contributed by atoms with E-state index in [9.17, 15) is 10.2 Å². The molecule has 2 aromatic rings. The van der Waals surface area contributed by atoms with Gasteiger partial charge < -0.3 is 14.9 Å². The number of benzene rings is 2. The molecule has 0 bridgehead atoms. The van der Waals surface area contributed by atoms with Crippen LogP contribution in [0.1, 0.15) is 23.0 Å². The van der Waals surface area contributed by atoms with Gasteiger partial charge in [0, 0.05) is 17.0 Å². The van der Waals surface area contributed by atoms with Crippen LogP contribution < -0.4 is 0 Å². The Morgan fingerprint density at radius 2 is 1.81 bits per heavy atom. The predicted molar refractivity (Wildman–Crippen MR) is 83.3 cm³/mol. The smallest absolute Gasteiger partial charge is 0.181 e. The summed E-state index contributed by atoms with van der Waals surface area (Å²) in [6.45, 7) is 1.78. The second-order valence-corrected chi connectivity index (χ2v) is 5.35. The first kappa shape index (κ1) is 16.0. The molecule has 3 nitrogen and oxygen atoms in total. The van der Waals surface area contributed by atoms with Gasteiger partial charge in [-0.15, -0.1) is 0 Å². The molecule has 0 spiro atoms. The Kier molecular flexibility index (Phi) is 5.76. The predicted octanol–water partition coefficient (Wildman–Crippen LogP) is 3.26. The van der Waals surface area contributed by atoms with E-state index >= 15 is 0 Å². The second-order valence-electron chi connectivity index (χ2n) is 4.94. The van der Waals surface area contributed by atoms with E-state index in [2.05, 4.69) is 0 Å². The Labute approximate surface area is 129 Å². The minimum Gasteiger partial charge on any atom is -0.394 e. The van der Waals surface area contributed by atoms with E-state index in [1.807, 2.05) is 43.3 Å². The molecule has 2 aromatic carbocycles. The summed E-state index contributed by atoms with van der Waals surface area (Å²) in [6.07, 6.45) is -1.13. The highest BCUT2D eigenvalue weighted by atomic mass is 35.5. The highest BCUT2D eigenvalue weighted by Gasteiger charge is 2.18. The van der Waals surface area contributed by atoms with Crippen molar-refractivity contribution in [2.45, 2.75) is 25.7 Å². The van der Waals surface area contributed by atoms with Crippen LogP contribution in [0, 0.1) is 6.92 Å². The average molecular weight is 307 g/mol. The van der Waals surface area contributed by atoms with Crippen molar-refractivity contribution in [1.82, 2.24) is 0 Å². The number of hydrogen-bond acceptors (Lipinski definition) is 3. The lowest BCUT2D eigenvalue weighted by molar-refractivity contribution is -0.150. The zero-order valence-electron chi connectivity index (χ0n) is 11.9. The van der Waals surface area contributed by atoms with Crippen molar-refractivity contribution >= 4 is 11.6 Å². The molecule has 0 aliphatic carbocycles. The van der Waals surface area contributed by atoms with Crippen molar-refractivity contribution in [3.8, 4) is 0 Å². The number of aryl methyl sites for hydroxylation is 1. The third-order valence-corrected chi connectivity index (χ3v) is 3.75. The van der Waals surface area contributed by atoms with Gasteiger partial charge in [-0.25, -0.2) is 0 Å². The van der Waals surface area contributed by atoms with Crippen LogP contribution in [0.4, 0.5) is 0 Å². The summed E-state index contributed by atoms with van der Waals surface area (Å²) < 4.78 is 5.55. The molecule has 2 unspecified atom stereocenters. The molecule has 112 valence electrons. The lowest BCUT2D eigenvalue weighted by atomic mass is 10.0. The summed E-state index contributed by atoms with van der Waals surface area (Å²) in [7, 11) is 0. The molecule has 0 saturated heterocycles. The summed E-state index contributed by atoms with van der Waals surface area (Å²) in [5.74, 6) is 0. The van der Waals surface area contributed by atoms with Crippen LogP contribution in [0.3, 0.4) is 0 Å². The van der Waals surface area contributed by atoms with E-state index in [-0.39, 0.29) is 6.61 Å². The maximum Gasteiger partial charge on any atom is 0.181 e. The van der Waals surface area contributed by atoms with Crippen LogP contribution in [-0.2, 0) is 11.2 Å². The molecular weight excluding hydrogens is 288 g/mol. The summed E-state index contributed by atoms with van der Waals surface area (Å²) >= 11 is 6.18. The van der Waals surface area contributed by atoms with Crippen molar-refractivity contribution in [3.05, 3.63) is 70.2 Å². The van der Waals surface area contributed by atoms with Gasteiger partial charge in [-0.1, -0.05) is 54.1 Å². The maximum atomic E-state index is 10.1. The lowest BCUT2D eigenvalue weighted by Crippen LogP contribution is -2.24. The highest BCUT2D eigenvalue weighted by molar-refractivity contribution is 6.31. The van der Waals surface area contributed by atoms with Crippen molar-refractivity contribution < 1.29 is 14.9 Å². The van der Waals surface area contributed by atoms with Gasteiger partial charge in [0.05, 0.1) is 12.7 Å². The Morgan fingerprint density at radius 3 is 2.43 bits per heavy atom. The molecule has 0 aliphatic rings. The minimum absolute atomic E-state index is 0.186. The van der Waals surface area contributed by atoms with Gasteiger partial charge in [0.15, 0.2) is 6.29 Å². The molecule has 0 radical (unpaired) electrons. The molecule has 2 atom stereocenters. The molecule has 0 aromatic heterocycles. The molecule has 0 fully saturated rings. The zero-order chi connectivity index (χ0) is 15.2. The van der Waals surface area contributed by atoms with E-state index in [1.165, 1.54) is 0 Å². The summed E-state index contributed by atoms with van der Waals surface area (Å²) in [4.78, 5) is 0. The molecule has 4 heteroatoms. The third kappa shape index (κ3) is 4.29. The van der Waals surface area contributed by atoms with Crippen LogP contribution in [0.5, 0.6) is 0 Å². The van der Waals surface area contributed by atoms with Gasteiger partial charge >= 0.3 is 0 Å². The van der Waals surface area contributed by atoms with E-state index < -0.39 is 12.4 Å². The Morgan fingerprint density at radius 1 is 1.10 bits per heavy atom. The van der Waals surface area contributed by atoms with Crippen LogP contribution in [0.25, 0.3) is 0 Å². The summed E-state index contributed by atoms with van der Waals surface area (Å²) in [5, 5.41) is 20.2. The van der Waals surface area contributed by atoms with Crippen molar-refractivity contribution in [2.24, 2.45) is 0 Å². The SMILES string of the molecule is Cc1cccc(Cl)c1CC(CO)OC(O)c1ccccc1. The van der Waals surface area contributed by atoms with E-state index in [4.69, 9.17) is 16.3 Å². The lowest BCUT2D eigenvalue weighted by Gasteiger charge is -2.21. The van der Waals surface area contributed by atoms with Gasteiger partial charge in [0.2, 0.25) is 0 Å². The first-order valence-electron chi connectivity index (χ1n) is 6.85. The Balaban J connectivity index is 2.07. The molecule has 21 heavy (non-hydrogen) atoms. The normalized spacial score (nSPS) is 13.9. The first-order chi connectivity index (χ1) is 10.1. The van der Waals surface area contributed by atoms with Gasteiger partial charge in [-0.3, -0.25) is 0 Å². The molecule has 2 rings (SSSR count).